The first-order valence-electron chi connectivity index (χ1n) is 18.2. The fourth-order valence-electron chi connectivity index (χ4n) is 8.07. The van der Waals surface area contributed by atoms with Crippen LogP contribution in [0.4, 0.5) is 0 Å². The van der Waals surface area contributed by atoms with Crippen LogP contribution in [0.5, 0.6) is 0 Å². The van der Waals surface area contributed by atoms with E-state index in [1.54, 1.807) is 0 Å². The molecule has 4 heteroatoms. The average molecular weight is 690 g/mol. The molecule has 3 heterocycles. The van der Waals surface area contributed by atoms with Gasteiger partial charge in [-0.1, -0.05) is 140 Å². The first-order valence-corrected chi connectivity index (χ1v) is 18.2. The van der Waals surface area contributed by atoms with E-state index in [1.165, 1.54) is 33.0 Å². The summed E-state index contributed by atoms with van der Waals surface area (Å²) in [6.45, 7) is 0. The summed E-state index contributed by atoms with van der Waals surface area (Å²) in [5, 5.41) is 5.50. The standard InChI is InChI=1S/C50H31N3O/c1-3-12-32(13-4-1)34-22-24-35(25-23-34)49-39-17-7-9-19-43(39)51-50(52-49)41-18-11-21-46-48(41)40-28-27-37(31-47(40)54-46)53-44-20-10-8-16-38(44)42-30-36(26-29-45(42)53)33-14-5-2-6-15-33/h1-31H. The summed E-state index contributed by atoms with van der Waals surface area (Å²) in [4.78, 5) is 10.4. The zero-order valence-electron chi connectivity index (χ0n) is 29.1. The van der Waals surface area contributed by atoms with Crippen LogP contribution in [-0.2, 0) is 0 Å². The van der Waals surface area contributed by atoms with E-state index in [4.69, 9.17) is 14.4 Å². The SMILES string of the molecule is c1ccc(-c2ccc(-c3nc(-c4cccc5oc6cc(-n7c8ccccc8c8cc(-c9ccccc9)ccc87)ccc6c45)nc4ccccc34)cc2)cc1. The highest BCUT2D eigenvalue weighted by molar-refractivity contribution is 6.14. The van der Waals surface area contributed by atoms with E-state index in [1.807, 2.05) is 24.3 Å². The van der Waals surface area contributed by atoms with Gasteiger partial charge < -0.3 is 8.98 Å². The molecule has 0 aliphatic heterocycles. The van der Waals surface area contributed by atoms with Crippen molar-refractivity contribution in [3.05, 3.63) is 188 Å². The van der Waals surface area contributed by atoms with Crippen molar-refractivity contribution >= 4 is 54.6 Å². The van der Waals surface area contributed by atoms with Gasteiger partial charge in [-0.05, 0) is 64.7 Å². The van der Waals surface area contributed by atoms with Gasteiger partial charge in [0.15, 0.2) is 5.82 Å². The van der Waals surface area contributed by atoms with Crippen LogP contribution in [-0.4, -0.2) is 14.5 Å². The van der Waals surface area contributed by atoms with E-state index >= 15 is 0 Å². The van der Waals surface area contributed by atoms with Gasteiger partial charge in [-0.15, -0.1) is 0 Å². The van der Waals surface area contributed by atoms with E-state index in [-0.39, 0.29) is 0 Å². The Kier molecular flexibility index (Phi) is 6.82. The lowest BCUT2D eigenvalue weighted by atomic mass is 10.0. The van der Waals surface area contributed by atoms with E-state index < -0.39 is 0 Å². The van der Waals surface area contributed by atoms with Gasteiger partial charge in [-0.25, -0.2) is 9.97 Å². The first kappa shape index (κ1) is 30.3. The predicted octanol–water partition coefficient (Wildman–Crippen LogP) is 13.3. The quantitative estimate of drug-likeness (QED) is 0.181. The second kappa shape index (κ2) is 12.1. The van der Waals surface area contributed by atoms with Crippen LogP contribution in [0.2, 0.25) is 0 Å². The predicted molar refractivity (Wildman–Crippen MR) is 223 cm³/mol. The number of hydrogen-bond acceptors (Lipinski definition) is 3. The normalized spacial score (nSPS) is 11.7. The highest BCUT2D eigenvalue weighted by atomic mass is 16.3. The van der Waals surface area contributed by atoms with Gasteiger partial charge in [0.25, 0.3) is 0 Å². The molecule has 54 heavy (non-hydrogen) atoms. The summed E-state index contributed by atoms with van der Waals surface area (Å²) in [6.07, 6.45) is 0. The molecule has 0 aliphatic carbocycles. The van der Waals surface area contributed by atoms with Crippen molar-refractivity contribution in [2.24, 2.45) is 0 Å². The van der Waals surface area contributed by atoms with Crippen LogP contribution in [0.3, 0.4) is 0 Å². The van der Waals surface area contributed by atoms with Crippen molar-refractivity contribution in [3.8, 4) is 50.6 Å². The van der Waals surface area contributed by atoms with Gasteiger partial charge >= 0.3 is 0 Å². The van der Waals surface area contributed by atoms with Crippen molar-refractivity contribution in [3.63, 3.8) is 0 Å². The van der Waals surface area contributed by atoms with Gasteiger partial charge in [0.1, 0.15) is 11.2 Å². The average Bonchev–Trinajstić information content (AvgIpc) is 3.79. The molecular weight excluding hydrogens is 659 g/mol. The van der Waals surface area contributed by atoms with Gasteiger partial charge in [0.2, 0.25) is 0 Å². The molecule has 0 atom stereocenters. The Labute approximate surface area is 311 Å². The maximum Gasteiger partial charge on any atom is 0.161 e. The van der Waals surface area contributed by atoms with Crippen LogP contribution in [0.25, 0.3) is 105 Å². The Morgan fingerprint density at radius 1 is 0.389 bits per heavy atom. The molecule has 0 N–H and O–H groups in total. The lowest BCUT2D eigenvalue weighted by molar-refractivity contribution is 0.668. The smallest absolute Gasteiger partial charge is 0.161 e. The molecule has 11 rings (SSSR count). The maximum absolute atomic E-state index is 6.64. The Balaban J connectivity index is 1.06. The molecule has 0 aliphatic rings. The molecule has 0 amide bonds. The number of para-hydroxylation sites is 2. The zero-order valence-corrected chi connectivity index (χ0v) is 29.1. The van der Waals surface area contributed by atoms with Gasteiger partial charge in [-0.2, -0.15) is 0 Å². The number of nitrogens with zero attached hydrogens (tertiary/aromatic N) is 3. The van der Waals surface area contributed by atoms with Gasteiger partial charge in [-0.3, -0.25) is 0 Å². The van der Waals surface area contributed by atoms with E-state index in [2.05, 4.69) is 168 Å². The third-order valence-electron chi connectivity index (χ3n) is 10.6. The molecule has 4 nitrogen and oxygen atoms in total. The van der Waals surface area contributed by atoms with Crippen molar-refractivity contribution in [2.45, 2.75) is 0 Å². The number of aromatic nitrogens is 3. The summed E-state index contributed by atoms with van der Waals surface area (Å²) < 4.78 is 8.99. The summed E-state index contributed by atoms with van der Waals surface area (Å²) in [7, 11) is 0. The van der Waals surface area contributed by atoms with E-state index in [9.17, 15) is 0 Å². The minimum absolute atomic E-state index is 0.671. The van der Waals surface area contributed by atoms with Crippen LogP contribution in [0.1, 0.15) is 0 Å². The first-order chi connectivity index (χ1) is 26.8. The number of hydrogen-bond donors (Lipinski definition) is 0. The number of furan rings is 1. The molecule has 8 aromatic carbocycles. The largest absolute Gasteiger partial charge is 0.456 e. The molecule has 0 spiro atoms. The molecule has 0 fully saturated rings. The second-order valence-electron chi connectivity index (χ2n) is 13.8. The molecule has 0 saturated heterocycles. The fourth-order valence-corrected chi connectivity index (χ4v) is 8.07. The second-order valence-corrected chi connectivity index (χ2v) is 13.8. The Hall–Kier alpha value is -7.30. The molecule has 3 aromatic heterocycles. The molecule has 0 bridgehead atoms. The van der Waals surface area contributed by atoms with E-state index in [0.717, 1.165) is 66.4 Å². The Morgan fingerprint density at radius 2 is 1.04 bits per heavy atom. The lowest BCUT2D eigenvalue weighted by Crippen LogP contribution is -1.96. The molecule has 252 valence electrons. The van der Waals surface area contributed by atoms with Crippen LogP contribution >= 0.6 is 0 Å². The number of benzene rings is 8. The van der Waals surface area contributed by atoms with Crippen molar-refractivity contribution < 1.29 is 4.42 Å². The zero-order chi connectivity index (χ0) is 35.6. The third kappa shape index (κ3) is 4.85. The number of fused-ring (bicyclic) bond motifs is 7. The van der Waals surface area contributed by atoms with Gasteiger partial charge in [0, 0.05) is 49.8 Å². The van der Waals surface area contributed by atoms with Crippen molar-refractivity contribution in [2.75, 3.05) is 0 Å². The highest BCUT2D eigenvalue weighted by Crippen LogP contribution is 2.40. The maximum atomic E-state index is 6.64. The summed E-state index contributed by atoms with van der Waals surface area (Å²) in [5.74, 6) is 0.671. The minimum Gasteiger partial charge on any atom is -0.456 e. The number of rotatable bonds is 5. The highest BCUT2D eigenvalue weighted by Gasteiger charge is 2.19. The van der Waals surface area contributed by atoms with Crippen molar-refractivity contribution in [1.82, 2.24) is 14.5 Å². The van der Waals surface area contributed by atoms with Crippen LogP contribution in [0, 0.1) is 0 Å². The Bertz CT molecular complexity index is 3200. The van der Waals surface area contributed by atoms with Crippen LogP contribution < -0.4 is 0 Å². The summed E-state index contributed by atoms with van der Waals surface area (Å²) in [5.41, 5.74) is 13.5. The summed E-state index contributed by atoms with van der Waals surface area (Å²) >= 11 is 0. The Morgan fingerprint density at radius 3 is 1.85 bits per heavy atom. The summed E-state index contributed by atoms with van der Waals surface area (Å²) in [6, 6.07) is 66.1. The minimum atomic E-state index is 0.671. The van der Waals surface area contributed by atoms with Crippen molar-refractivity contribution in [1.29, 1.82) is 0 Å². The molecular formula is C50H31N3O. The molecule has 11 aromatic rings. The topological polar surface area (TPSA) is 43.9 Å². The fraction of sp³-hybridized carbons (Fsp3) is 0. The van der Waals surface area contributed by atoms with Crippen LogP contribution in [0.15, 0.2) is 192 Å². The third-order valence-corrected chi connectivity index (χ3v) is 10.6. The molecule has 0 unspecified atom stereocenters. The lowest BCUT2D eigenvalue weighted by Gasteiger charge is -2.11. The van der Waals surface area contributed by atoms with Gasteiger partial charge in [0.05, 0.1) is 22.2 Å². The molecule has 0 radical (unpaired) electrons. The monoisotopic (exact) mass is 689 g/mol. The molecule has 0 saturated carbocycles. The van der Waals surface area contributed by atoms with E-state index in [0.29, 0.717) is 5.82 Å².